The second-order valence-electron chi connectivity index (χ2n) is 5.91. The Morgan fingerprint density at radius 2 is 1.57 bits per heavy atom. The number of carbonyl (C=O) groups is 1. The number of anilines is 1. The molecule has 1 atom stereocenters. The normalized spacial score (nSPS) is 11.4. The summed E-state index contributed by atoms with van der Waals surface area (Å²) in [7, 11) is 2.09. The van der Waals surface area contributed by atoms with Crippen LogP contribution < -0.4 is 39.9 Å². The van der Waals surface area contributed by atoms with Gasteiger partial charge in [-0.15, -0.1) is 0 Å². The lowest BCUT2D eigenvalue weighted by Crippen LogP contribution is -3.19. The number of amides is 1. The van der Waals surface area contributed by atoms with Crippen molar-refractivity contribution in [3.63, 3.8) is 0 Å². The summed E-state index contributed by atoms with van der Waals surface area (Å²) in [6.07, 6.45) is 0. The molecular weight excluding hydrogens is 333 g/mol. The van der Waals surface area contributed by atoms with E-state index < -0.39 is 0 Å². The van der Waals surface area contributed by atoms with Crippen LogP contribution in [0.5, 0.6) is 0 Å². The van der Waals surface area contributed by atoms with Gasteiger partial charge in [0, 0.05) is 5.69 Å². The van der Waals surface area contributed by atoms with Crippen molar-refractivity contribution >= 4 is 11.6 Å². The predicted octanol–water partition coefficient (Wildman–Crippen LogP) is -6.31. The minimum atomic E-state index is 0. The van der Waals surface area contributed by atoms with Gasteiger partial charge in [0.1, 0.15) is 13.1 Å². The van der Waals surface area contributed by atoms with Crippen LogP contribution >= 0.6 is 0 Å². The Morgan fingerprint density at radius 3 is 2.04 bits per heavy atom. The number of likely N-dealkylation sites (N-methyl/N-ethyl adjacent to an activating group) is 2. The largest absolute Gasteiger partial charge is 1.00 e. The number of carbonyl (C=O) groups excluding carboxylic acids is 1. The topological polar surface area (TPSA) is 38.0 Å². The molecule has 0 aliphatic heterocycles. The molecule has 0 saturated heterocycles. The van der Waals surface area contributed by atoms with E-state index in [4.69, 9.17) is 0 Å². The third-order valence-corrected chi connectivity index (χ3v) is 4.11. The molecule has 0 aromatic heterocycles. The zero-order valence-corrected chi connectivity index (χ0v) is 16.4. The van der Waals surface area contributed by atoms with Gasteiger partial charge in [-0.1, -0.05) is 18.2 Å². The lowest BCUT2D eigenvalue weighted by Gasteiger charge is -2.19. The fourth-order valence-corrected chi connectivity index (χ4v) is 2.55. The number of aryl methyl sites for hydroxylation is 2. The molecule has 0 bridgehead atoms. The standard InChI is InChI=1S/C17H29N3O.2ClH/c1-6-20(7-2)12-11-19(5)13-16(21)18-17-14(3)9-8-10-15(17)4;;/h8-10H,6-7,11-13H2,1-5H3,(H,18,21);2*1H. The van der Waals surface area contributed by atoms with Crippen molar-refractivity contribution in [2.24, 2.45) is 0 Å². The van der Waals surface area contributed by atoms with E-state index in [1.54, 1.807) is 4.90 Å². The number of para-hydroxylation sites is 1. The number of quaternary nitrogens is 2. The van der Waals surface area contributed by atoms with Crippen molar-refractivity contribution in [2.75, 3.05) is 45.1 Å². The first-order valence-corrected chi connectivity index (χ1v) is 7.98. The zero-order chi connectivity index (χ0) is 15.8. The van der Waals surface area contributed by atoms with Crippen LogP contribution in [-0.2, 0) is 4.79 Å². The molecule has 0 aliphatic rings. The molecule has 1 unspecified atom stereocenters. The number of halogens is 2. The van der Waals surface area contributed by atoms with Crippen molar-refractivity contribution in [2.45, 2.75) is 27.7 Å². The number of benzene rings is 1. The zero-order valence-electron chi connectivity index (χ0n) is 14.9. The van der Waals surface area contributed by atoms with E-state index in [1.807, 2.05) is 32.0 Å². The highest BCUT2D eigenvalue weighted by Gasteiger charge is 2.14. The first-order valence-electron chi connectivity index (χ1n) is 7.98. The minimum absolute atomic E-state index is 0. The van der Waals surface area contributed by atoms with E-state index in [-0.39, 0.29) is 30.7 Å². The fraction of sp³-hybridized carbons (Fsp3) is 0.588. The van der Waals surface area contributed by atoms with E-state index in [0.717, 1.165) is 43.0 Å². The van der Waals surface area contributed by atoms with Crippen LogP contribution in [-0.4, -0.2) is 45.7 Å². The van der Waals surface area contributed by atoms with Gasteiger partial charge >= 0.3 is 0 Å². The van der Waals surface area contributed by atoms with Gasteiger partial charge < -0.3 is 39.9 Å². The quantitative estimate of drug-likeness (QED) is 0.422. The van der Waals surface area contributed by atoms with Crippen LogP contribution in [0.25, 0.3) is 0 Å². The molecule has 4 nitrogen and oxygen atoms in total. The van der Waals surface area contributed by atoms with Gasteiger partial charge in [0.05, 0.1) is 20.1 Å². The molecule has 0 aliphatic carbocycles. The SMILES string of the molecule is CC[NH+](CC)CC[NH+](C)CC(=O)Nc1c(C)cccc1C.[Cl-].[Cl-]. The Hall–Kier alpha value is -0.810. The Bertz CT molecular complexity index is 445. The van der Waals surface area contributed by atoms with Crippen molar-refractivity contribution in [1.29, 1.82) is 0 Å². The monoisotopic (exact) mass is 363 g/mol. The van der Waals surface area contributed by atoms with E-state index in [1.165, 1.54) is 4.90 Å². The molecule has 23 heavy (non-hydrogen) atoms. The lowest BCUT2D eigenvalue weighted by atomic mass is 10.1. The summed E-state index contributed by atoms with van der Waals surface area (Å²) >= 11 is 0. The van der Waals surface area contributed by atoms with Crippen molar-refractivity contribution in [1.82, 2.24) is 0 Å². The number of hydrogen-bond acceptors (Lipinski definition) is 1. The average Bonchev–Trinajstić information content (AvgIpc) is 2.44. The van der Waals surface area contributed by atoms with Gasteiger partial charge in [0.15, 0.2) is 6.54 Å². The second kappa shape index (κ2) is 12.6. The molecular formula is C17H31Cl2N3O. The van der Waals surface area contributed by atoms with Crippen LogP contribution in [0.4, 0.5) is 5.69 Å². The Balaban J connectivity index is 0. The van der Waals surface area contributed by atoms with Gasteiger partial charge in [-0.05, 0) is 38.8 Å². The van der Waals surface area contributed by atoms with E-state index >= 15 is 0 Å². The smallest absolute Gasteiger partial charge is 0.279 e. The highest BCUT2D eigenvalue weighted by molar-refractivity contribution is 5.93. The molecule has 1 amide bonds. The molecule has 1 aromatic carbocycles. The first-order chi connectivity index (χ1) is 9.97. The van der Waals surface area contributed by atoms with Crippen LogP contribution in [0, 0.1) is 13.8 Å². The fourth-order valence-electron chi connectivity index (χ4n) is 2.55. The molecule has 1 rings (SSSR count). The van der Waals surface area contributed by atoms with Gasteiger partial charge in [0.25, 0.3) is 5.91 Å². The van der Waals surface area contributed by atoms with Crippen molar-refractivity contribution < 1.29 is 39.4 Å². The lowest BCUT2D eigenvalue weighted by molar-refractivity contribution is -0.943. The van der Waals surface area contributed by atoms with Gasteiger partial charge in [-0.2, -0.15) is 0 Å². The van der Waals surface area contributed by atoms with Crippen LogP contribution in [0.15, 0.2) is 18.2 Å². The summed E-state index contributed by atoms with van der Waals surface area (Å²) in [5.41, 5.74) is 3.20. The second-order valence-corrected chi connectivity index (χ2v) is 5.91. The maximum Gasteiger partial charge on any atom is 0.279 e. The maximum absolute atomic E-state index is 12.2. The molecule has 134 valence electrons. The van der Waals surface area contributed by atoms with Crippen molar-refractivity contribution in [3.05, 3.63) is 29.3 Å². The molecule has 0 spiro atoms. The van der Waals surface area contributed by atoms with E-state index in [0.29, 0.717) is 6.54 Å². The highest BCUT2D eigenvalue weighted by Crippen LogP contribution is 2.18. The summed E-state index contributed by atoms with van der Waals surface area (Å²) in [6.45, 7) is 13.5. The summed E-state index contributed by atoms with van der Waals surface area (Å²) < 4.78 is 0. The Labute approximate surface area is 153 Å². The predicted molar refractivity (Wildman–Crippen MR) is 88.1 cm³/mol. The minimum Gasteiger partial charge on any atom is -1.00 e. The molecule has 0 radical (unpaired) electrons. The van der Waals surface area contributed by atoms with Crippen LogP contribution in [0.1, 0.15) is 25.0 Å². The maximum atomic E-state index is 12.2. The third-order valence-electron chi connectivity index (χ3n) is 4.11. The summed E-state index contributed by atoms with van der Waals surface area (Å²) in [5.74, 6) is 0.0967. The number of hydrogen-bond donors (Lipinski definition) is 3. The number of rotatable bonds is 8. The van der Waals surface area contributed by atoms with Crippen LogP contribution in [0.3, 0.4) is 0 Å². The molecule has 0 saturated carbocycles. The molecule has 1 aromatic rings. The summed E-state index contributed by atoms with van der Waals surface area (Å²) in [5, 5.41) is 3.06. The number of nitrogens with one attached hydrogen (secondary N) is 3. The molecule has 0 heterocycles. The van der Waals surface area contributed by atoms with Crippen LogP contribution in [0.2, 0.25) is 0 Å². The molecule has 6 heteroatoms. The summed E-state index contributed by atoms with van der Waals surface area (Å²) in [4.78, 5) is 15.0. The first kappa shape index (κ1) is 24.4. The van der Waals surface area contributed by atoms with Gasteiger partial charge in [-0.25, -0.2) is 0 Å². The molecule has 3 N–H and O–H groups in total. The summed E-state index contributed by atoms with van der Waals surface area (Å²) in [6, 6.07) is 6.08. The van der Waals surface area contributed by atoms with Crippen molar-refractivity contribution in [3.8, 4) is 0 Å². The Kier molecular flexibility index (Phi) is 13.4. The average molecular weight is 364 g/mol. The van der Waals surface area contributed by atoms with Gasteiger partial charge in [-0.3, -0.25) is 4.79 Å². The Morgan fingerprint density at radius 1 is 1.04 bits per heavy atom. The van der Waals surface area contributed by atoms with E-state index in [9.17, 15) is 4.79 Å². The third kappa shape index (κ3) is 8.56. The highest BCUT2D eigenvalue weighted by atomic mass is 35.5. The van der Waals surface area contributed by atoms with E-state index in [2.05, 4.69) is 26.2 Å². The molecule has 0 fully saturated rings. The van der Waals surface area contributed by atoms with Gasteiger partial charge in [0.2, 0.25) is 0 Å².